The first-order valence-corrected chi connectivity index (χ1v) is 29.6. The molecule has 0 amide bonds. The summed E-state index contributed by atoms with van der Waals surface area (Å²) in [5.74, 6) is -0.937. The van der Waals surface area contributed by atoms with Gasteiger partial charge >= 0.3 is 17.9 Å². The van der Waals surface area contributed by atoms with Crippen LogP contribution in [0, 0.1) is 0 Å². The molecule has 0 aliphatic heterocycles. The van der Waals surface area contributed by atoms with Gasteiger partial charge in [-0.1, -0.05) is 254 Å². The van der Waals surface area contributed by atoms with Crippen LogP contribution in [-0.2, 0) is 28.6 Å². The summed E-state index contributed by atoms with van der Waals surface area (Å²) in [4.78, 5) is 38.2. The van der Waals surface area contributed by atoms with Gasteiger partial charge in [0.25, 0.3) is 0 Å². The Balaban J connectivity index is 4.41. The minimum absolute atomic E-state index is 0.0929. The van der Waals surface area contributed by atoms with Gasteiger partial charge in [-0.2, -0.15) is 0 Å². The number of carbonyl (C=O) groups is 3. The predicted octanol–water partition coefficient (Wildman–Crippen LogP) is 19.9. The quantitative estimate of drug-likeness (QED) is 0.0261. The highest BCUT2D eigenvalue weighted by Gasteiger charge is 2.19. The van der Waals surface area contributed by atoms with Crippen molar-refractivity contribution in [3.05, 3.63) is 85.1 Å². The van der Waals surface area contributed by atoms with Gasteiger partial charge < -0.3 is 14.2 Å². The molecule has 0 aliphatic rings. The van der Waals surface area contributed by atoms with Crippen LogP contribution in [0.1, 0.15) is 284 Å². The van der Waals surface area contributed by atoms with Gasteiger partial charge in [0.15, 0.2) is 6.10 Å². The average Bonchev–Trinajstić information content (AvgIpc) is 3.36. The molecule has 0 spiro atoms. The summed E-state index contributed by atoms with van der Waals surface area (Å²) >= 11 is 0. The molecule has 0 aromatic rings. The zero-order valence-electron chi connectivity index (χ0n) is 46.0. The molecule has 0 heterocycles. The van der Waals surface area contributed by atoms with E-state index in [4.69, 9.17) is 14.2 Å². The standard InChI is InChI=1S/C64H110O6/c1-4-7-10-13-16-19-22-25-27-29-31-32-34-35-37-39-42-45-48-51-54-57-63(66)69-60-61(59-68-62(65)56-53-50-47-44-41-24-21-18-15-12-9-6-3)70-64(67)58-55-52-49-46-43-40-38-36-33-30-28-26-23-20-17-14-11-8-5-2/h7,10,16,18-19,21,25,27,31-32,35,37,42,45,61H,4-6,8-9,11-15,17,20,22-24,26,28-30,33-34,36,38-41,43-44,46-60H2,1-3H3/b10-7-,19-16-,21-18-,27-25-,32-31-,37-35-,45-42-. The van der Waals surface area contributed by atoms with Gasteiger partial charge in [-0.25, -0.2) is 0 Å². The van der Waals surface area contributed by atoms with E-state index >= 15 is 0 Å². The predicted molar refractivity (Wildman–Crippen MR) is 302 cm³/mol. The molecule has 0 bridgehead atoms. The van der Waals surface area contributed by atoms with Crippen molar-refractivity contribution in [2.75, 3.05) is 13.2 Å². The summed E-state index contributed by atoms with van der Waals surface area (Å²) in [6, 6.07) is 0. The topological polar surface area (TPSA) is 78.9 Å². The van der Waals surface area contributed by atoms with Crippen molar-refractivity contribution in [3.8, 4) is 0 Å². The van der Waals surface area contributed by atoms with Crippen LogP contribution in [-0.4, -0.2) is 37.2 Å². The number of hydrogen-bond donors (Lipinski definition) is 0. The summed E-state index contributed by atoms with van der Waals surface area (Å²) in [5, 5.41) is 0. The zero-order valence-corrected chi connectivity index (χ0v) is 46.0. The molecule has 6 heteroatoms. The second-order valence-corrected chi connectivity index (χ2v) is 19.5. The van der Waals surface area contributed by atoms with E-state index < -0.39 is 6.10 Å². The third kappa shape index (κ3) is 55.5. The van der Waals surface area contributed by atoms with E-state index in [0.717, 1.165) is 103 Å². The third-order valence-electron chi connectivity index (χ3n) is 12.6. The molecule has 1 unspecified atom stereocenters. The Kier molecular flexibility index (Phi) is 55.3. The van der Waals surface area contributed by atoms with Crippen LogP contribution < -0.4 is 0 Å². The number of carbonyl (C=O) groups excluding carboxylic acids is 3. The first-order chi connectivity index (χ1) is 34.5. The fourth-order valence-electron chi connectivity index (χ4n) is 8.21. The van der Waals surface area contributed by atoms with Gasteiger partial charge in [0.1, 0.15) is 13.2 Å². The van der Waals surface area contributed by atoms with Gasteiger partial charge in [0.2, 0.25) is 0 Å². The highest BCUT2D eigenvalue weighted by molar-refractivity contribution is 5.71. The summed E-state index contributed by atoms with van der Waals surface area (Å²) < 4.78 is 16.8. The summed E-state index contributed by atoms with van der Waals surface area (Å²) in [7, 11) is 0. The first-order valence-electron chi connectivity index (χ1n) is 29.6. The zero-order chi connectivity index (χ0) is 50.7. The van der Waals surface area contributed by atoms with Gasteiger partial charge in [-0.15, -0.1) is 0 Å². The van der Waals surface area contributed by atoms with Crippen LogP contribution in [0.5, 0.6) is 0 Å². The second-order valence-electron chi connectivity index (χ2n) is 19.5. The smallest absolute Gasteiger partial charge is 0.306 e. The lowest BCUT2D eigenvalue weighted by atomic mass is 10.0. The SMILES string of the molecule is CC/C=C\C/C=C\C/C=C\C/C=C\C/C=C\C/C=C\CCCCC(=O)OCC(COC(=O)CCCCCCC/C=C\CCCCC)OC(=O)CCCCCCCCCCCCCCCCCCCCC. The highest BCUT2D eigenvalue weighted by Crippen LogP contribution is 2.16. The Bertz CT molecular complexity index is 1350. The van der Waals surface area contributed by atoms with Crippen LogP contribution >= 0.6 is 0 Å². The van der Waals surface area contributed by atoms with E-state index in [0.29, 0.717) is 19.3 Å². The number of ether oxygens (including phenoxy) is 3. The van der Waals surface area contributed by atoms with Gasteiger partial charge in [0, 0.05) is 19.3 Å². The van der Waals surface area contributed by atoms with E-state index in [-0.39, 0.29) is 31.1 Å². The first kappa shape index (κ1) is 66.6. The van der Waals surface area contributed by atoms with E-state index in [1.807, 2.05) is 0 Å². The monoisotopic (exact) mass is 975 g/mol. The Morgan fingerprint density at radius 3 is 0.943 bits per heavy atom. The number of allylic oxidation sites excluding steroid dienone is 14. The number of unbranched alkanes of at least 4 members (excludes halogenated alkanes) is 28. The van der Waals surface area contributed by atoms with Crippen molar-refractivity contribution in [2.24, 2.45) is 0 Å². The van der Waals surface area contributed by atoms with Crippen molar-refractivity contribution in [2.45, 2.75) is 290 Å². The molecule has 70 heavy (non-hydrogen) atoms. The summed E-state index contributed by atoms with van der Waals surface area (Å²) in [6.45, 7) is 6.48. The average molecular weight is 976 g/mol. The molecule has 1 atom stereocenters. The van der Waals surface area contributed by atoms with E-state index in [1.165, 1.54) is 141 Å². The summed E-state index contributed by atoms with van der Waals surface area (Å²) in [5.41, 5.74) is 0. The third-order valence-corrected chi connectivity index (χ3v) is 12.6. The molecule has 6 nitrogen and oxygen atoms in total. The normalized spacial score (nSPS) is 12.7. The van der Waals surface area contributed by atoms with Crippen molar-refractivity contribution in [1.82, 2.24) is 0 Å². The van der Waals surface area contributed by atoms with Crippen LogP contribution in [0.2, 0.25) is 0 Å². The minimum Gasteiger partial charge on any atom is -0.462 e. The maximum Gasteiger partial charge on any atom is 0.306 e. The fraction of sp³-hybridized carbons (Fsp3) is 0.734. The van der Waals surface area contributed by atoms with E-state index in [1.54, 1.807) is 0 Å². The number of esters is 3. The molecular weight excluding hydrogens is 865 g/mol. The number of rotatable bonds is 53. The van der Waals surface area contributed by atoms with Gasteiger partial charge in [0.05, 0.1) is 0 Å². The Labute approximate surface area is 433 Å². The molecule has 0 saturated carbocycles. The van der Waals surface area contributed by atoms with Crippen LogP contribution in [0.3, 0.4) is 0 Å². The molecule has 402 valence electrons. The van der Waals surface area contributed by atoms with Crippen LogP contribution in [0.15, 0.2) is 85.1 Å². The molecular formula is C64H110O6. The lowest BCUT2D eigenvalue weighted by Gasteiger charge is -2.18. The van der Waals surface area contributed by atoms with Crippen LogP contribution in [0.25, 0.3) is 0 Å². The molecule has 0 aromatic heterocycles. The lowest BCUT2D eigenvalue weighted by molar-refractivity contribution is -0.167. The molecule has 0 rings (SSSR count). The maximum atomic E-state index is 12.9. The molecule has 0 fully saturated rings. The van der Waals surface area contributed by atoms with Crippen LogP contribution in [0.4, 0.5) is 0 Å². The van der Waals surface area contributed by atoms with E-state index in [2.05, 4.69) is 106 Å². The Morgan fingerprint density at radius 1 is 0.300 bits per heavy atom. The molecule has 0 radical (unpaired) electrons. The fourth-order valence-corrected chi connectivity index (χ4v) is 8.21. The lowest BCUT2D eigenvalue weighted by Crippen LogP contribution is -2.30. The van der Waals surface area contributed by atoms with Crippen molar-refractivity contribution in [1.29, 1.82) is 0 Å². The second kappa shape index (κ2) is 58.2. The Morgan fingerprint density at radius 2 is 0.557 bits per heavy atom. The van der Waals surface area contributed by atoms with Crippen molar-refractivity contribution in [3.63, 3.8) is 0 Å². The highest BCUT2D eigenvalue weighted by atomic mass is 16.6. The van der Waals surface area contributed by atoms with Crippen molar-refractivity contribution >= 4 is 17.9 Å². The van der Waals surface area contributed by atoms with Gasteiger partial charge in [-0.3, -0.25) is 14.4 Å². The molecule has 0 saturated heterocycles. The summed E-state index contributed by atoms with van der Waals surface area (Å²) in [6.07, 6.45) is 75.8. The maximum absolute atomic E-state index is 12.9. The largest absolute Gasteiger partial charge is 0.462 e. The molecule has 0 N–H and O–H groups in total. The van der Waals surface area contributed by atoms with Gasteiger partial charge in [-0.05, 0) is 96.3 Å². The number of hydrogen-bond acceptors (Lipinski definition) is 6. The molecule has 0 aromatic carbocycles. The minimum atomic E-state index is -0.797. The van der Waals surface area contributed by atoms with E-state index in [9.17, 15) is 14.4 Å². The molecule has 0 aliphatic carbocycles. The Hall–Kier alpha value is -3.41. The van der Waals surface area contributed by atoms with Crippen molar-refractivity contribution < 1.29 is 28.6 Å².